The zero-order chi connectivity index (χ0) is 11.9. The summed E-state index contributed by atoms with van der Waals surface area (Å²) in [5.41, 5.74) is 3.03. The van der Waals surface area contributed by atoms with Crippen molar-refractivity contribution in [3.8, 4) is 0 Å². The molecule has 1 radical (unpaired) electrons. The molecule has 2 fully saturated rings. The molecule has 7 heteroatoms. The minimum Gasteiger partial charge on any atom is -0.509 e. The molecule has 2 aliphatic rings. The first-order valence-corrected chi connectivity index (χ1v) is 6.26. The van der Waals surface area contributed by atoms with Gasteiger partial charge in [-0.05, 0) is 25.7 Å². The van der Waals surface area contributed by atoms with Gasteiger partial charge in [0.15, 0.2) is 0 Å². The summed E-state index contributed by atoms with van der Waals surface area (Å²) in [6.45, 7) is 4.00. The highest BCUT2D eigenvalue weighted by atomic mass is 16.7. The third kappa shape index (κ3) is 4.63. The average molecular weight is 240 g/mol. The second-order valence-corrected chi connectivity index (χ2v) is 4.36. The lowest BCUT2D eigenvalue weighted by Crippen LogP contribution is -2.40. The van der Waals surface area contributed by atoms with E-state index in [1.165, 1.54) is 12.8 Å². The molecule has 0 amide bonds. The number of carbonyl (C=O) groups is 1. The Morgan fingerprint density at radius 3 is 2.47 bits per heavy atom. The standard InChI is InChI=1S/C10H19BN3O3/c15-10(9-12-13-5-1-2-6-13)16-11-17-14-7-3-4-8-14/h12H,1-9H2. The first-order valence-electron chi connectivity index (χ1n) is 6.26. The van der Waals surface area contributed by atoms with Crippen LogP contribution in [0, 0.1) is 0 Å². The summed E-state index contributed by atoms with van der Waals surface area (Å²) < 4.78 is 10.0. The number of hydrogen-bond donors (Lipinski definition) is 1. The molecule has 0 aliphatic carbocycles. The Balaban J connectivity index is 1.48. The van der Waals surface area contributed by atoms with Crippen molar-refractivity contribution in [2.75, 3.05) is 32.7 Å². The van der Waals surface area contributed by atoms with Crippen LogP contribution in [0.5, 0.6) is 0 Å². The third-order valence-corrected chi connectivity index (χ3v) is 2.99. The summed E-state index contributed by atoms with van der Waals surface area (Å²) in [5.74, 6) is -0.323. The molecule has 6 nitrogen and oxygen atoms in total. The quantitative estimate of drug-likeness (QED) is 0.643. The van der Waals surface area contributed by atoms with Crippen molar-refractivity contribution >= 4 is 13.7 Å². The average Bonchev–Trinajstić information content (AvgIpc) is 2.99. The van der Waals surface area contributed by atoms with E-state index in [1.807, 2.05) is 5.01 Å². The molecule has 0 bridgehead atoms. The maximum Gasteiger partial charge on any atom is 0.593 e. The van der Waals surface area contributed by atoms with E-state index in [0.717, 1.165) is 46.7 Å². The molecule has 17 heavy (non-hydrogen) atoms. The van der Waals surface area contributed by atoms with Crippen LogP contribution in [-0.4, -0.2) is 56.5 Å². The molecule has 0 spiro atoms. The van der Waals surface area contributed by atoms with Crippen LogP contribution in [0.3, 0.4) is 0 Å². The second kappa shape index (κ2) is 6.95. The van der Waals surface area contributed by atoms with Gasteiger partial charge in [0.1, 0.15) is 6.54 Å². The summed E-state index contributed by atoms with van der Waals surface area (Å²) in [7, 11) is 1.12. The Morgan fingerprint density at radius 1 is 1.12 bits per heavy atom. The number of nitrogens with zero attached hydrogens (tertiary/aromatic N) is 2. The smallest absolute Gasteiger partial charge is 0.509 e. The summed E-state index contributed by atoms with van der Waals surface area (Å²) in [4.78, 5) is 11.3. The lowest BCUT2D eigenvalue weighted by atomic mass is 10.4. The Morgan fingerprint density at radius 2 is 1.76 bits per heavy atom. The number of nitrogens with one attached hydrogen (secondary N) is 1. The Hall–Kier alpha value is -0.625. The fourth-order valence-electron chi connectivity index (χ4n) is 2.02. The van der Waals surface area contributed by atoms with E-state index in [-0.39, 0.29) is 12.5 Å². The van der Waals surface area contributed by atoms with Gasteiger partial charge in [-0.3, -0.25) is 4.79 Å². The van der Waals surface area contributed by atoms with Crippen LogP contribution >= 0.6 is 0 Å². The molecule has 0 unspecified atom stereocenters. The van der Waals surface area contributed by atoms with Crippen LogP contribution in [0.4, 0.5) is 0 Å². The molecule has 2 aliphatic heterocycles. The molecule has 0 aromatic carbocycles. The summed E-state index contributed by atoms with van der Waals surface area (Å²) in [5, 5.41) is 3.84. The van der Waals surface area contributed by atoms with E-state index in [9.17, 15) is 4.79 Å². The van der Waals surface area contributed by atoms with Crippen molar-refractivity contribution in [1.29, 1.82) is 0 Å². The van der Waals surface area contributed by atoms with Crippen LogP contribution in [-0.2, 0) is 14.2 Å². The monoisotopic (exact) mass is 240 g/mol. The van der Waals surface area contributed by atoms with Gasteiger partial charge in [0.25, 0.3) is 0 Å². The van der Waals surface area contributed by atoms with Crippen molar-refractivity contribution in [2.45, 2.75) is 25.7 Å². The van der Waals surface area contributed by atoms with Crippen LogP contribution in [0.1, 0.15) is 25.7 Å². The Kier molecular flexibility index (Phi) is 5.24. The zero-order valence-corrected chi connectivity index (χ0v) is 10.1. The SMILES string of the molecule is O=C(CNN1CCCC1)O[B]ON1CCCC1. The summed E-state index contributed by atoms with van der Waals surface area (Å²) in [6, 6.07) is 0. The van der Waals surface area contributed by atoms with Gasteiger partial charge in [0, 0.05) is 26.2 Å². The largest absolute Gasteiger partial charge is 0.593 e. The predicted molar refractivity (Wildman–Crippen MR) is 62.5 cm³/mol. The first kappa shape index (κ1) is 12.8. The molecule has 2 saturated heterocycles. The van der Waals surface area contributed by atoms with E-state index < -0.39 is 0 Å². The minimum atomic E-state index is -0.323. The molecule has 95 valence electrons. The highest BCUT2D eigenvalue weighted by Crippen LogP contribution is 2.06. The van der Waals surface area contributed by atoms with E-state index in [4.69, 9.17) is 9.41 Å². The van der Waals surface area contributed by atoms with Gasteiger partial charge >= 0.3 is 13.7 Å². The fourth-order valence-corrected chi connectivity index (χ4v) is 2.02. The fraction of sp³-hybridized carbons (Fsp3) is 0.900. The molecule has 0 atom stereocenters. The second-order valence-electron chi connectivity index (χ2n) is 4.36. The van der Waals surface area contributed by atoms with Gasteiger partial charge in [-0.25, -0.2) is 15.5 Å². The number of carbonyl (C=O) groups excluding carboxylic acids is 1. The van der Waals surface area contributed by atoms with E-state index in [2.05, 4.69) is 5.43 Å². The number of rotatable bonds is 6. The van der Waals surface area contributed by atoms with Gasteiger partial charge in [-0.1, -0.05) is 0 Å². The molecule has 0 aromatic rings. The lowest BCUT2D eigenvalue weighted by molar-refractivity contribution is -0.138. The van der Waals surface area contributed by atoms with Crippen molar-refractivity contribution < 1.29 is 14.2 Å². The van der Waals surface area contributed by atoms with E-state index in [1.54, 1.807) is 5.06 Å². The number of hydrogen-bond acceptors (Lipinski definition) is 6. The molecule has 0 aromatic heterocycles. The highest BCUT2D eigenvalue weighted by molar-refractivity contribution is 6.22. The zero-order valence-electron chi connectivity index (χ0n) is 10.1. The van der Waals surface area contributed by atoms with Crippen molar-refractivity contribution in [3.05, 3.63) is 0 Å². The Bertz CT molecular complexity index is 243. The normalized spacial score (nSPS) is 21.9. The maximum absolute atomic E-state index is 11.3. The molecule has 2 rings (SSSR count). The maximum atomic E-state index is 11.3. The predicted octanol–water partition coefficient (Wildman–Crippen LogP) is -0.308. The topological polar surface area (TPSA) is 54.0 Å². The Labute approximate surface area is 102 Å². The van der Waals surface area contributed by atoms with E-state index >= 15 is 0 Å². The lowest BCUT2D eigenvalue weighted by Gasteiger charge is -2.16. The van der Waals surface area contributed by atoms with Crippen LogP contribution in [0.2, 0.25) is 0 Å². The summed E-state index contributed by atoms with van der Waals surface area (Å²) >= 11 is 0. The summed E-state index contributed by atoms with van der Waals surface area (Å²) in [6.07, 6.45) is 4.65. The molecular formula is C10H19BN3O3. The number of hydrazine groups is 1. The van der Waals surface area contributed by atoms with Gasteiger partial charge in [0.2, 0.25) is 0 Å². The van der Waals surface area contributed by atoms with Crippen molar-refractivity contribution in [1.82, 2.24) is 15.5 Å². The van der Waals surface area contributed by atoms with Crippen LogP contribution < -0.4 is 5.43 Å². The molecule has 1 N–H and O–H groups in total. The minimum absolute atomic E-state index is 0.194. The van der Waals surface area contributed by atoms with Crippen molar-refractivity contribution in [3.63, 3.8) is 0 Å². The van der Waals surface area contributed by atoms with Gasteiger partial charge in [0.05, 0.1) is 0 Å². The molecule has 0 saturated carbocycles. The third-order valence-electron chi connectivity index (χ3n) is 2.99. The van der Waals surface area contributed by atoms with Gasteiger partial charge in [-0.15, -0.1) is 0 Å². The van der Waals surface area contributed by atoms with Crippen LogP contribution in [0.15, 0.2) is 0 Å². The van der Waals surface area contributed by atoms with Gasteiger partial charge in [-0.2, -0.15) is 0 Å². The van der Waals surface area contributed by atoms with E-state index in [0.29, 0.717) is 0 Å². The van der Waals surface area contributed by atoms with Gasteiger partial charge < -0.3 is 9.41 Å². The first-order chi connectivity index (χ1) is 8.34. The van der Waals surface area contributed by atoms with Crippen molar-refractivity contribution in [2.24, 2.45) is 0 Å². The highest BCUT2D eigenvalue weighted by Gasteiger charge is 2.16. The number of hydroxylamine groups is 2. The molecule has 2 heterocycles. The molecular weight excluding hydrogens is 221 g/mol. The van der Waals surface area contributed by atoms with Crippen LogP contribution in [0.25, 0.3) is 0 Å².